The first-order valence-electron chi connectivity index (χ1n) is 10.5. The van der Waals surface area contributed by atoms with Gasteiger partial charge in [-0.05, 0) is 36.0 Å². The van der Waals surface area contributed by atoms with E-state index in [1.165, 1.54) is 0 Å². The molecule has 0 aliphatic heterocycles. The van der Waals surface area contributed by atoms with Gasteiger partial charge in [0.05, 0.1) is 18.5 Å². The van der Waals surface area contributed by atoms with Crippen LogP contribution in [0.2, 0.25) is 0 Å². The summed E-state index contributed by atoms with van der Waals surface area (Å²) in [6, 6.07) is 27.9. The zero-order valence-corrected chi connectivity index (χ0v) is 22.6. The van der Waals surface area contributed by atoms with Gasteiger partial charge < -0.3 is 15.0 Å². The van der Waals surface area contributed by atoms with E-state index in [4.69, 9.17) is 5.11 Å². The average Bonchev–Trinajstić information content (AvgIpc) is 2.84. The van der Waals surface area contributed by atoms with E-state index in [1.807, 2.05) is 85.7 Å². The first-order chi connectivity index (χ1) is 16.3. The van der Waals surface area contributed by atoms with Crippen LogP contribution in [-0.2, 0) is 24.9 Å². The van der Waals surface area contributed by atoms with Crippen molar-refractivity contribution in [2.75, 3.05) is 25.2 Å². The third-order valence-electron chi connectivity index (χ3n) is 4.95. The molecular weight excluding hydrogens is 645 g/mol. The molecule has 183 valence electrons. The van der Waals surface area contributed by atoms with Crippen LogP contribution < -0.4 is 15.5 Å². The Morgan fingerprint density at radius 1 is 0.971 bits per heavy atom. The predicted molar refractivity (Wildman–Crippen MR) is 136 cm³/mol. The SMILES string of the molecule is CN(C)c1ccnc(-c2[c-]cc(F)cc2F)c1.O=C(O)C[PH+](c1ccccc1)c1ccccc1.[Ir]. The van der Waals surface area contributed by atoms with Crippen LogP contribution in [0.1, 0.15) is 0 Å². The third kappa shape index (κ3) is 8.32. The van der Waals surface area contributed by atoms with E-state index in [-0.39, 0.29) is 31.8 Å². The van der Waals surface area contributed by atoms with Crippen LogP contribution in [0.3, 0.4) is 0 Å². The van der Waals surface area contributed by atoms with Gasteiger partial charge in [-0.1, -0.05) is 54.1 Å². The Bertz CT molecular complexity index is 1190. The molecule has 3 aromatic carbocycles. The number of hydrogen-bond acceptors (Lipinski definition) is 3. The van der Waals surface area contributed by atoms with Gasteiger partial charge in [0.25, 0.3) is 0 Å². The summed E-state index contributed by atoms with van der Waals surface area (Å²) in [5.74, 6) is -2.03. The summed E-state index contributed by atoms with van der Waals surface area (Å²) in [6.45, 7) is 0. The molecule has 4 rings (SSSR count). The van der Waals surface area contributed by atoms with E-state index in [0.29, 0.717) is 5.69 Å². The number of aliphatic carboxylic acids is 1. The molecule has 0 spiro atoms. The second kappa shape index (κ2) is 13.8. The van der Waals surface area contributed by atoms with Crippen LogP contribution in [0.25, 0.3) is 11.3 Å². The van der Waals surface area contributed by atoms with Crippen molar-refractivity contribution >= 4 is 30.2 Å². The number of carbonyl (C=O) groups is 1. The number of carboxylic acids is 1. The molecule has 1 N–H and O–H groups in total. The number of nitrogens with zero attached hydrogens (tertiary/aromatic N) is 2. The maximum Gasteiger partial charge on any atom is 0.342 e. The fraction of sp³-hybridized carbons (Fsp3) is 0.111. The molecule has 0 atom stereocenters. The maximum absolute atomic E-state index is 13.5. The Kier molecular flexibility index (Phi) is 11.1. The van der Waals surface area contributed by atoms with Crippen molar-refractivity contribution in [3.05, 3.63) is 109 Å². The Hall–Kier alpha value is -2.98. The molecule has 35 heavy (non-hydrogen) atoms. The van der Waals surface area contributed by atoms with Gasteiger partial charge in [0, 0.05) is 57.7 Å². The number of carboxylic acid groups (broad SMARTS) is 1. The van der Waals surface area contributed by atoms with Gasteiger partial charge in [-0.25, -0.2) is 4.79 Å². The van der Waals surface area contributed by atoms with Gasteiger partial charge in [0.1, 0.15) is 0 Å². The fourth-order valence-electron chi connectivity index (χ4n) is 3.28. The quantitative estimate of drug-likeness (QED) is 0.236. The van der Waals surface area contributed by atoms with Crippen LogP contribution in [0.5, 0.6) is 0 Å². The zero-order valence-electron chi connectivity index (χ0n) is 19.2. The first-order valence-corrected chi connectivity index (χ1v) is 12.2. The van der Waals surface area contributed by atoms with Crippen molar-refractivity contribution in [2.24, 2.45) is 0 Å². The molecular formula is C27H25F2IrN2O2P. The molecule has 1 aromatic heterocycles. The van der Waals surface area contributed by atoms with E-state index in [9.17, 15) is 13.6 Å². The molecule has 1 radical (unpaired) electrons. The summed E-state index contributed by atoms with van der Waals surface area (Å²) < 4.78 is 26.3. The Balaban J connectivity index is 0.000000240. The normalized spacial score (nSPS) is 10.1. The van der Waals surface area contributed by atoms with E-state index in [0.717, 1.165) is 28.4 Å². The Morgan fingerprint density at radius 2 is 1.54 bits per heavy atom. The molecule has 0 unspecified atom stereocenters. The second-order valence-corrected chi connectivity index (χ2v) is 10.1. The second-order valence-electron chi connectivity index (χ2n) is 7.62. The zero-order chi connectivity index (χ0) is 24.5. The summed E-state index contributed by atoms with van der Waals surface area (Å²) in [6.07, 6.45) is 1.81. The van der Waals surface area contributed by atoms with E-state index in [2.05, 4.69) is 11.1 Å². The summed E-state index contributed by atoms with van der Waals surface area (Å²) in [5.41, 5.74) is 1.51. The molecule has 0 amide bonds. The molecule has 0 aliphatic rings. The average molecular weight is 671 g/mol. The number of aromatic nitrogens is 1. The summed E-state index contributed by atoms with van der Waals surface area (Å²) in [5, 5.41) is 11.3. The maximum atomic E-state index is 13.5. The van der Waals surface area contributed by atoms with Crippen molar-refractivity contribution in [1.29, 1.82) is 0 Å². The van der Waals surface area contributed by atoms with Crippen LogP contribution >= 0.6 is 7.92 Å². The van der Waals surface area contributed by atoms with Crippen LogP contribution in [0.15, 0.2) is 91.1 Å². The Morgan fingerprint density at radius 3 is 2.03 bits per heavy atom. The van der Waals surface area contributed by atoms with Crippen molar-refractivity contribution in [2.45, 2.75) is 0 Å². The summed E-state index contributed by atoms with van der Waals surface area (Å²) >= 11 is 0. The summed E-state index contributed by atoms with van der Waals surface area (Å²) in [7, 11) is 2.56. The first kappa shape index (κ1) is 28.3. The molecule has 4 aromatic rings. The number of pyridine rings is 1. The molecule has 0 aliphatic carbocycles. The van der Waals surface area contributed by atoms with Crippen molar-refractivity contribution in [1.82, 2.24) is 4.98 Å². The molecule has 8 heteroatoms. The standard InChI is InChI=1S/C14H13O2P.C13H11F2N2.Ir/c15-14(16)11-17(12-7-3-1-4-8-12)13-9-5-2-6-10-13;1-17(2)10-5-6-16-13(8-10)11-4-3-9(14)7-12(11)15;/h1-10H,11H2,(H,15,16);3,5-8H,1-2H3;/q;-1;/p+1. The Labute approximate surface area is 218 Å². The molecule has 1 heterocycles. The van der Waals surface area contributed by atoms with Crippen molar-refractivity contribution in [3.8, 4) is 11.3 Å². The minimum atomic E-state index is -1.20. The third-order valence-corrected chi connectivity index (χ3v) is 7.66. The van der Waals surface area contributed by atoms with E-state index < -0.39 is 25.5 Å². The number of halogens is 2. The van der Waals surface area contributed by atoms with Crippen molar-refractivity contribution in [3.63, 3.8) is 0 Å². The summed E-state index contributed by atoms with van der Waals surface area (Å²) in [4.78, 5) is 16.9. The number of anilines is 1. The van der Waals surface area contributed by atoms with E-state index in [1.54, 1.807) is 12.3 Å². The monoisotopic (exact) mass is 671 g/mol. The molecule has 4 nitrogen and oxygen atoms in total. The molecule has 0 saturated carbocycles. The fourth-order valence-corrected chi connectivity index (χ4v) is 5.51. The topological polar surface area (TPSA) is 53.4 Å². The minimum absolute atomic E-state index is 0. The van der Waals surface area contributed by atoms with Crippen molar-refractivity contribution < 1.29 is 38.8 Å². The van der Waals surface area contributed by atoms with Gasteiger partial charge >= 0.3 is 5.97 Å². The van der Waals surface area contributed by atoms with E-state index >= 15 is 0 Å². The van der Waals surface area contributed by atoms with Gasteiger partial charge in [-0.2, -0.15) is 0 Å². The number of benzene rings is 3. The van der Waals surface area contributed by atoms with Gasteiger partial charge in [-0.15, -0.1) is 12.1 Å². The van der Waals surface area contributed by atoms with Crippen LogP contribution in [0, 0.1) is 17.7 Å². The molecule has 0 bridgehead atoms. The van der Waals surface area contributed by atoms with Crippen LogP contribution in [-0.4, -0.2) is 36.3 Å². The molecule has 0 saturated heterocycles. The van der Waals surface area contributed by atoms with Gasteiger partial charge in [0.2, 0.25) is 0 Å². The smallest absolute Gasteiger partial charge is 0.342 e. The van der Waals surface area contributed by atoms with Gasteiger partial charge in [-0.3, -0.25) is 8.78 Å². The molecule has 0 fully saturated rings. The van der Waals surface area contributed by atoms with Crippen LogP contribution in [0.4, 0.5) is 14.5 Å². The largest absolute Gasteiger partial charge is 0.479 e. The predicted octanol–water partition coefficient (Wildman–Crippen LogP) is 4.83. The number of hydrogen-bond donors (Lipinski definition) is 1. The van der Waals surface area contributed by atoms with Gasteiger partial charge in [0.15, 0.2) is 6.16 Å². The number of rotatable bonds is 6. The minimum Gasteiger partial charge on any atom is -0.479 e.